The van der Waals surface area contributed by atoms with Crippen molar-refractivity contribution in [3.05, 3.63) is 62.0 Å². The first-order valence-electron chi connectivity index (χ1n) is 6.06. The Morgan fingerprint density at radius 1 is 1.19 bits per heavy atom. The van der Waals surface area contributed by atoms with E-state index >= 15 is 0 Å². The lowest BCUT2D eigenvalue weighted by atomic mass is 9.91. The van der Waals surface area contributed by atoms with Crippen molar-refractivity contribution < 1.29 is 9.90 Å². The Bertz CT molecular complexity index is 693. The first kappa shape index (κ1) is 16.3. The Kier molecular flexibility index (Phi) is 4.96. The second-order valence-electron chi connectivity index (χ2n) is 4.66. The van der Waals surface area contributed by atoms with Crippen LogP contribution in [0.1, 0.15) is 12.5 Å². The SMILES string of the molecule is CC(Nc1ccc(Cl)c(Br)c1)(C(=O)O)c1ccccc1Br. The van der Waals surface area contributed by atoms with Gasteiger partial charge < -0.3 is 10.4 Å². The van der Waals surface area contributed by atoms with Crippen LogP contribution in [0.2, 0.25) is 5.02 Å². The van der Waals surface area contributed by atoms with Gasteiger partial charge in [-0.25, -0.2) is 4.79 Å². The third kappa shape index (κ3) is 3.42. The highest BCUT2D eigenvalue weighted by Crippen LogP contribution is 2.34. The van der Waals surface area contributed by atoms with Crippen molar-refractivity contribution in [1.29, 1.82) is 0 Å². The number of hydrogen-bond acceptors (Lipinski definition) is 2. The number of carbonyl (C=O) groups is 1. The zero-order valence-electron chi connectivity index (χ0n) is 11.0. The molecule has 1 unspecified atom stereocenters. The quantitative estimate of drug-likeness (QED) is 0.690. The van der Waals surface area contributed by atoms with E-state index in [1.54, 1.807) is 37.3 Å². The number of carboxylic acids is 1. The molecule has 0 heterocycles. The summed E-state index contributed by atoms with van der Waals surface area (Å²) in [7, 11) is 0. The van der Waals surface area contributed by atoms with Gasteiger partial charge in [0.05, 0.1) is 5.02 Å². The second-order valence-corrected chi connectivity index (χ2v) is 6.78. The molecule has 0 bridgehead atoms. The van der Waals surface area contributed by atoms with Crippen LogP contribution in [0.25, 0.3) is 0 Å². The second kappa shape index (κ2) is 6.38. The van der Waals surface area contributed by atoms with Crippen LogP contribution in [0.4, 0.5) is 5.69 Å². The molecule has 0 amide bonds. The van der Waals surface area contributed by atoms with Gasteiger partial charge in [0.1, 0.15) is 0 Å². The summed E-state index contributed by atoms with van der Waals surface area (Å²) in [6, 6.07) is 12.4. The minimum absolute atomic E-state index is 0.568. The van der Waals surface area contributed by atoms with E-state index in [1.807, 2.05) is 12.1 Å². The maximum absolute atomic E-state index is 11.8. The minimum Gasteiger partial charge on any atom is -0.479 e. The summed E-state index contributed by atoms with van der Waals surface area (Å²) in [4.78, 5) is 11.8. The molecule has 0 aliphatic carbocycles. The van der Waals surface area contributed by atoms with Crippen LogP contribution in [-0.4, -0.2) is 11.1 Å². The molecule has 0 fully saturated rings. The minimum atomic E-state index is -1.27. The predicted molar refractivity (Wildman–Crippen MR) is 91.9 cm³/mol. The van der Waals surface area contributed by atoms with Crippen LogP contribution in [0.3, 0.4) is 0 Å². The van der Waals surface area contributed by atoms with E-state index in [0.29, 0.717) is 20.7 Å². The number of carboxylic acid groups (broad SMARTS) is 1. The lowest BCUT2D eigenvalue weighted by Crippen LogP contribution is -2.40. The Morgan fingerprint density at radius 3 is 2.43 bits per heavy atom. The van der Waals surface area contributed by atoms with Crippen molar-refractivity contribution in [3.63, 3.8) is 0 Å². The van der Waals surface area contributed by atoms with E-state index in [4.69, 9.17) is 11.6 Å². The van der Waals surface area contributed by atoms with E-state index in [9.17, 15) is 9.90 Å². The summed E-state index contributed by atoms with van der Waals surface area (Å²) in [5.74, 6) is -0.972. The Morgan fingerprint density at radius 2 is 1.86 bits per heavy atom. The molecule has 2 aromatic rings. The van der Waals surface area contributed by atoms with Crippen molar-refractivity contribution in [1.82, 2.24) is 0 Å². The first-order valence-corrected chi connectivity index (χ1v) is 8.02. The molecule has 0 saturated carbocycles. The van der Waals surface area contributed by atoms with Crippen molar-refractivity contribution in [2.45, 2.75) is 12.5 Å². The van der Waals surface area contributed by atoms with Gasteiger partial charge in [0.2, 0.25) is 0 Å². The van der Waals surface area contributed by atoms with Crippen LogP contribution >= 0.6 is 43.5 Å². The average Bonchev–Trinajstić information content (AvgIpc) is 2.43. The van der Waals surface area contributed by atoms with Gasteiger partial charge in [-0.05, 0) is 47.1 Å². The molecule has 2 aromatic carbocycles. The summed E-state index contributed by atoms with van der Waals surface area (Å²) in [5, 5.41) is 13.3. The molecule has 6 heteroatoms. The zero-order chi connectivity index (χ0) is 15.6. The maximum Gasteiger partial charge on any atom is 0.333 e. The third-order valence-corrected chi connectivity index (χ3v) is 5.06. The van der Waals surface area contributed by atoms with Crippen molar-refractivity contribution in [2.24, 2.45) is 0 Å². The fraction of sp³-hybridized carbons (Fsp3) is 0.133. The van der Waals surface area contributed by atoms with Crippen molar-refractivity contribution in [2.75, 3.05) is 5.32 Å². The number of aliphatic carboxylic acids is 1. The molecule has 3 nitrogen and oxygen atoms in total. The lowest BCUT2D eigenvalue weighted by Gasteiger charge is -2.29. The van der Waals surface area contributed by atoms with Crippen molar-refractivity contribution >= 4 is 55.1 Å². The number of nitrogens with one attached hydrogen (secondary N) is 1. The standard InChI is InChI=1S/C15H12Br2ClNO2/c1-15(14(20)21,10-4-2-3-5-11(10)16)19-9-6-7-13(18)12(17)8-9/h2-8,19H,1H3,(H,20,21). The normalized spacial score (nSPS) is 13.5. The highest BCUT2D eigenvalue weighted by atomic mass is 79.9. The number of anilines is 1. The smallest absolute Gasteiger partial charge is 0.333 e. The Labute approximate surface area is 144 Å². The highest BCUT2D eigenvalue weighted by Gasteiger charge is 2.36. The van der Waals surface area contributed by atoms with Crippen molar-refractivity contribution in [3.8, 4) is 0 Å². The topological polar surface area (TPSA) is 49.3 Å². The molecule has 0 saturated heterocycles. The monoisotopic (exact) mass is 431 g/mol. The van der Waals surface area contributed by atoms with Crippen LogP contribution < -0.4 is 5.32 Å². The van der Waals surface area contributed by atoms with Gasteiger partial charge in [-0.2, -0.15) is 0 Å². The number of hydrogen-bond donors (Lipinski definition) is 2. The first-order chi connectivity index (χ1) is 9.84. The average molecular weight is 434 g/mol. The lowest BCUT2D eigenvalue weighted by molar-refractivity contribution is -0.142. The van der Waals surface area contributed by atoms with Gasteiger partial charge in [-0.1, -0.05) is 45.7 Å². The highest BCUT2D eigenvalue weighted by molar-refractivity contribution is 9.10. The fourth-order valence-electron chi connectivity index (χ4n) is 1.97. The summed E-state index contributed by atoms with van der Waals surface area (Å²) >= 11 is 12.7. The maximum atomic E-state index is 11.8. The van der Waals surface area contributed by atoms with Crippen LogP contribution in [0, 0.1) is 0 Å². The predicted octanol–water partition coefficient (Wildman–Crippen LogP) is 5.28. The Hall–Kier alpha value is -1.04. The van der Waals surface area contributed by atoms with E-state index in [0.717, 1.165) is 4.47 Å². The molecule has 0 radical (unpaired) electrons. The number of benzene rings is 2. The van der Waals surface area contributed by atoms with E-state index in [-0.39, 0.29) is 0 Å². The molecule has 0 spiro atoms. The van der Waals surface area contributed by atoms with Gasteiger partial charge in [0.15, 0.2) is 5.54 Å². The number of rotatable bonds is 4. The van der Waals surface area contributed by atoms with E-state index in [1.165, 1.54) is 0 Å². The summed E-state index contributed by atoms with van der Waals surface area (Å²) in [6.07, 6.45) is 0. The van der Waals surface area contributed by atoms with Crippen LogP contribution in [0.15, 0.2) is 51.4 Å². The molecular formula is C15H12Br2ClNO2. The van der Waals surface area contributed by atoms with Crippen LogP contribution in [0.5, 0.6) is 0 Å². The molecule has 1 atom stereocenters. The third-order valence-electron chi connectivity index (χ3n) is 3.15. The molecule has 21 heavy (non-hydrogen) atoms. The largest absolute Gasteiger partial charge is 0.479 e. The van der Waals surface area contributed by atoms with E-state index < -0.39 is 11.5 Å². The Balaban J connectivity index is 2.46. The summed E-state index contributed by atoms with van der Waals surface area (Å²) in [6.45, 7) is 1.62. The summed E-state index contributed by atoms with van der Waals surface area (Å²) in [5.41, 5.74) is 0.0309. The number of halogens is 3. The molecular weight excluding hydrogens is 421 g/mol. The van der Waals surface area contributed by atoms with Gasteiger partial charge in [0.25, 0.3) is 0 Å². The summed E-state index contributed by atoms with van der Waals surface area (Å²) < 4.78 is 1.43. The molecule has 2 rings (SSSR count). The zero-order valence-corrected chi connectivity index (χ0v) is 15.0. The molecule has 0 aliphatic rings. The molecule has 0 aliphatic heterocycles. The van der Waals surface area contributed by atoms with Gasteiger partial charge in [-0.3, -0.25) is 0 Å². The van der Waals surface area contributed by atoms with Gasteiger partial charge in [0, 0.05) is 20.2 Å². The fourth-order valence-corrected chi connectivity index (χ4v) is 3.14. The van der Waals surface area contributed by atoms with Crippen LogP contribution in [-0.2, 0) is 10.3 Å². The molecule has 0 aromatic heterocycles. The van der Waals surface area contributed by atoms with E-state index in [2.05, 4.69) is 37.2 Å². The molecule has 110 valence electrons. The van der Waals surface area contributed by atoms with Gasteiger partial charge >= 0.3 is 5.97 Å². The molecule has 2 N–H and O–H groups in total. The van der Waals surface area contributed by atoms with Gasteiger partial charge in [-0.15, -0.1) is 0 Å².